The fourth-order valence-corrected chi connectivity index (χ4v) is 2.71. The van der Waals surface area contributed by atoms with Gasteiger partial charge in [-0.15, -0.1) is 11.6 Å². The van der Waals surface area contributed by atoms with Crippen molar-refractivity contribution in [2.75, 3.05) is 13.2 Å². The number of ether oxygens (including phenoxy) is 1. The van der Waals surface area contributed by atoms with Crippen molar-refractivity contribution in [3.63, 3.8) is 0 Å². The predicted octanol–water partition coefficient (Wildman–Crippen LogP) is 2.85. The van der Waals surface area contributed by atoms with Crippen LogP contribution in [0.2, 0.25) is 0 Å². The van der Waals surface area contributed by atoms with Crippen LogP contribution in [0.4, 0.5) is 4.39 Å². The van der Waals surface area contributed by atoms with E-state index < -0.39 is 11.5 Å². The van der Waals surface area contributed by atoms with Gasteiger partial charge in [-0.2, -0.15) is 0 Å². The lowest BCUT2D eigenvalue weighted by molar-refractivity contribution is -0.124. The molecule has 1 fully saturated rings. The minimum atomic E-state index is -1.18. The molecule has 0 heterocycles. The van der Waals surface area contributed by atoms with Crippen LogP contribution in [0.15, 0.2) is 23.0 Å². The van der Waals surface area contributed by atoms with Gasteiger partial charge in [0.05, 0.1) is 5.38 Å². The van der Waals surface area contributed by atoms with Gasteiger partial charge >= 0.3 is 0 Å². The number of amides is 1. The number of hydrogen-bond donors (Lipinski definition) is 1. The van der Waals surface area contributed by atoms with Gasteiger partial charge in [0, 0.05) is 12.1 Å². The van der Waals surface area contributed by atoms with Crippen LogP contribution in [-0.4, -0.2) is 30.6 Å². The molecular formula is C14H19ClFNO2. The Bertz CT molecular complexity index is 420. The average molecular weight is 288 g/mol. The lowest BCUT2D eigenvalue weighted by atomic mass is 9.97. The zero-order valence-electron chi connectivity index (χ0n) is 11.0. The SMILES string of the molecule is CCCNC(=O)COC1=C2CCCC(=C1)C(Cl)C2F. The second kappa shape index (κ2) is 6.42. The first-order chi connectivity index (χ1) is 9.13. The molecule has 3 rings (SSSR count). The second-order valence-corrected chi connectivity index (χ2v) is 5.37. The van der Waals surface area contributed by atoms with Crippen molar-refractivity contribution in [3.05, 3.63) is 23.0 Å². The van der Waals surface area contributed by atoms with Gasteiger partial charge in [-0.1, -0.05) is 6.92 Å². The molecule has 19 heavy (non-hydrogen) atoms. The maximum atomic E-state index is 14.1. The lowest BCUT2D eigenvalue weighted by Crippen LogP contribution is -2.29. The van der Waals surface area contributed by atoms with E-state index in [9.17, 15) is 9.18 Å². The van der Waals surface area contributed by atoms with Gasteiger partial charge < -0.3 is 10.1 Å². The minimum Gasteiger partial charge on any atom is -0.484 e. The fourth-order valence-electron chi connectivity index (χ4n) is 2.39. The molecule has 1 saturated carbocycles. The number of carbonyl (C=O) groups excluding carboxylic acids is 1. The Labute approximate surface area is 117 Å². The van der Waals surface area contributed by atoms with Gasteiger partial charge in [-0.05, 0) is 37.3 Å². The monoisotopic (exact) mass is 287 g/mol. The number of carbonyl (C=O) groups is 1. The molecule has 0 saturated heterocycles. The zero-order chi connectivity index (χ0) is 13.8. The molecule has 3 aliphatic carbocycles. The summed E-state index contributed by atoms with van der Waals surface area (Å²) in [5, 5.41) is 2.15. The van der Waals surface area contributed by atoms with E-state index in [0.29, 0.717) is 24.3 Å². The van der Waals surface area contributed by atoms with E-state index in [1.807, 2.05) is 13.0 Å². The molecule has 2 bridgehead atoms. The first-order valence-corrected chi connectivity index (χ1v) is 7.18. The van der Waals surface area contributed by atoms with Crippen LogP contribution in [0, 0.1) is 0 Å². The molecule has 2 atom stereocenters. The Balaban J connectivity index is 2.00. The van der Waals surface area contributed by atoms with Crippen LogP contribution in [0.1, 0.15) is 32.6 Å². The van der Waals surface area contributed by atoms with Crippen molar-refractivity contribution in [3.8, 4) is 0 Å². The quantitative estimate of drug-likeness (QED) is 0.790. The van der Waals surface area contributed by atoms with Gasteiger partial charge in [-0.25, -0.2) is 4.39 Å². The Morgan fingerprint density at radius 2 is 2.37 bits per heavy atom. The Morgan fingerprint density at radius 3 is 3.11 bits per heavy atom. The van der Waals surface area contributed by atoms with Crippen molar-refractivity contribution < 1.29 is 13.9 Å². The molecule has 1 N–H and O–H groups in total. The maximum Gasteiger partial charge on any atom is 0.257 e. The van der Waals surface area contributed by atoms with Crippen molar-refractivity contribution in [2.24, 2.45) is 0 Å². The molecule has 0 aromatic rings. The lowest BCUT2D eigenvalue weighted by Gasteiger charge is -2.24. The predicted molar refractivity (Wildman–Crippen MR) is 72.7 cm³/mol. The van der Waals surface area contributed by atoms with E-state index in [1.165, 1.54) is 0 Å². The summed E-state index contributed by atoms with van der Waals surface area (Å²) >= 11 is 6.05. The van der Waals surface area contributed by atoms with Crippen LogP contribution in [0.25, 0.3) is 0 Å². The largest absolute Gasteiger partial charge is 0.484 e. The summed E-state index contributed by atoms with van der Waals surface area (Å²) in [6.45, 7) is 2.54. The molecule has 3 aliphatic rings. The number of rotatable bonds is 5. The number of alkyl halides is 2. The van der Waals surface area contributed by atoms with E-state index in [0.717, 1.165) is 24.8 Å². The summed E-state index contributed by atoms with van der Waals surface area (Å²) in [5.41, 5.74) is 1.48. The van der Waals surface area contributed by atoms with E-state index >= 15 is 0 Å². The highest BCUT2D eigenvalue weighted by Crippen LogP contribution is 2.39. The molecule has 0 radical (unpaired) electrons. The smallest absolute Gasteiger partial charge is 0.257 e. The highest BCUT2D eigenvalue weighted by Gasteiger charge is 2.35. The molecular weight excluding hydrogens is 269 g/mol. The third-order valence-electron chi connectivity index (χ3n) is 3.42. The summed E-state index contributed by atoms with van der Waals surface area (Å²) in [6.07, 6.45) is 3.84. The van der Waals surface area contributed by atoms with Crippen molar-refractivity contribution in [2.45, 2.75) is 44.2 Å². The molecule has 106 valence electrons. The highest BCUT2D eigenvalue weighted by atomic mass is 35.5. The van der Waals surface area contributed by atoms with Crippen LogP contribution < -0.4 is 5.32 Å². The average Bonchev–Trinajstić information content (AvgIpc) is 2.69. The summed E-state index contributed by atoms with van der Waals surface area (Å²) in [6, 6.07) is 0. The van der Waals surface area contributed by atoms with Gasteiger partial charge in [0.1, 0.15) is 11.9 Å². The van der Waals surface area contributed by atoms with Crippen LogP contribution in [-0.2, 0) is 9.53 Å². The summed E-state index contributed by atoms with van der Waals surface area (Å²) in [5.74, 6) is 0.329. The standard InChI is InChI=1S/C14H19ClFNO2/c1-2-6-17-12(18)8-19-11-7-9-4-3-5-10(11)14(16)13(9)15/h7,13-14H,2-6,8H2,1H3,(H,17,18). The van der Waals surface area contributed by atoms with Gasteiger partial charge in [0.25, 0.3) is 5.91 Å². The fraction of sp³-hybridized carbons (Fsp3) is 0.643. The Morgan fingerprint density at radius 1 is 1.58 bits per heavy atom. The van der Waals surface area contributed by atoms with Crippen molar-refractivity contribution >= 4 is 17.5 Å². The number of nitrogens with one attached hydrogen (secondary N) is 1. The number of hydrogen-bond acceptors (Lipinski definition) is 2. The molecule has 3 nitrogen and oxygen atoms in total. The number of fused-ring (bicyclic) bond motifs is 4. The van der Waals surface area contributed by atoms with Crippen LogP contribution in [0.3, 0.4) is 0 Å². The topological polar surface area (TPSA) is 38.3 Å². The third kappa shape index (κ3) is 3.30. The molecule has 0 aliphatic heterocycles. The minimum absolute atomic E-state index is 0.0672. The highest BCUT2D eigenvalue weighted by molar-refractivity contribution is 6.23. The van der Waals surface area contributed by atoms with E-state index in [2.05, 4.69) is 5.32 Å². The van der Waals surface area contributed by atoms with Crippen LogP contribution >= 0.6 is 11.6 Å². The molecule has 0 aromatic heterocycles. The summed E-state index contributed by atoms with van der Waals surface area (Å²) in [4.78, 5) is 11.5. The molecule has 0 aromatic carbocycles. The van der Waals surface area contributed by atoms with Crippen molar-refractivity contribution in [1.82, 2.24) is 5.32 Å². The van der Waals surface area contributed by atoms with E-state index in [-0.39, 0.29) is 12.5 Å². The number of halogens is 2. The molecule has 1 amide bonds. The normalized spacial score (nSPS) is 25.9. The first kappa shape index (κ1) is 14.4. The molecule has 0 spiro atoms. The van der Waals surface area contributed by atoms with E-state index in [1.54, 1.807) is 0 Å². The van der Waals surface area contributed by atoms with Gasteiger partial charge in [0.15, 0.2) is 6.61 Å². The zero-order valence-corrected chi connectivity index (χ0v) is 11.8. The van der Waals surface area contributed by atoms with Gasteiger partial charge in [-0.3, -0.25) is 4.79 Å². The van der Waals surface area contributed by atoms with Crippen molar-refractivity contribution in [1.29, 1.82) is 0 Å². The van der Waals surface area contributed by atoms with Gasteiger partial charge in [0.2, 0.25) is 0 Å². The first-order valence-electron chi connectivity index (χ1n) is 6.74. The Kier molecular flexibility index (Phi) is 4.86. The number of allylic oxidation sites excluding steroid dienone is 3. The van der Waals surface area contributed by atoms with Crippen LogP contribution in [0.5, 0.6) is 0 Å². The second-order valence-electron chi connectivity index (χ2n) is 4.90. The Hall–Kier alpha value is -1.03. The molecule has 5 heteroatoms. The third-order valence-corrected chi connectivity index (χ3v) is 3.92. The summed E-state index contributed by atoms with van der Waals surface area (Å²) < 4.78 is 19.6. The van der Waals surface area contributed by atoms with E-state index in [4.69, 9.17) is 16.3 Å². The molecule has 2 unspecified atom stereocenters. The summed E-state index contributed by atoms with van der Waals surface area (Å²) in [7, 11) is 0. The maximum absolute atomic E-state index is 14.1.